The van der Waals surface area contributed by atoms with Gasteiger partial charge in [-0.15, -0.1) is 0 Å². The summed E-state index contributed by atoms with van der Waals surface area (Å²) in [7, 11) is -83.0. The van der Waals surface area contributed by atoms with Crippen LogP contribution in [0.15, 0.2) is 4.99 Å². The van der Waals surface area contributed by atoms with Crippen molar-refractivity contribution in [3.8, 4) is 0 Å². The molecule has 0 aliphatic carbocycles. The van der Waals surface area contributed by atoms with Gasteiger partial charge in [0, 0.05) is 0 Å². The van der Waals surface area contributed by atoms with Crippen molar-refractivity contribution in [1.82, 2.24) is 0 Å². The number of hydrogen-bond acceptors (Lipinski definition) is 33. The quantitative estimate of drug-likeness (QED) is 0.0236. The Labute approximate surface area is 897 Å². The van der Waals surface area contributed by atoms with E-state index in [0.717, 1.165) is 55.5 Å². The number of carbonyl (C=O) groups excluding carboxylic acids is 1. The molecule has 0 saturated carbocycles. The lowest BCUT2D eigenvalue weighted by Crippen LogP contribution is -2.63. The summed E-state index contributed by atoms with van der Waals surface area (Å²) in [6, 6.07) is 5.53. The lowest BCUT2D eigenvalue weighted by molar-refractivity contribution is 0.243. The monoisotopic (exact) mass is 2560 g/mol. The van der Waals surface area contributed by atoms with E-state index >= 15 is 0 Å². The molecule has 1 atom stereocenters. The predicted octanol–water partition coefficient (Wildman–Crippen LogP) is 24.8. The summed E-state index contributed by atoms with van der Waals surface area (Å²) in [5.74, 6) is 0. The first-order valence-corrected chi connectivity index (χ1v) is 140. The molecule has 67 heteroatoms. The van der Waals surface area contributed by atoms with Crippen molar-refractivity contribution < 1.29 is 132 Å². The van der Waals surface area contributed by atoms with Crippen LogP contribution in [0.4, 0.5) is 0 Å². The highest BCUT2D eigenvalue weighted by Crippen LogP contribution is 2.40. The molecule has 140 heavy (non-hydrogen) atoms. The van der Waals surface area contributed by atoms with Crippen LogP contribution in [0.3, 0.4) is 0 Å². The summed E-state index contributed by atoms with van der Waals surface area (Å²) in [5.41, 5.74) is 0. The lowest BCUT2D eigenvalue weighted by Gasteiger charge is -2.45. The second-order valence-electron chi connectivity index (χ2n) is 50.8. The fourth-order valence-corrected chi connectivity index (χ4v) is 186. The van der Waals surface area contributed by atoms with E-state index in [2.05, 4.69) is 422 Å². The third-order valence-electron chi connectivity index (χ3n) is 18.4. The molecule has 0 amide bonds. The van der Waals surface area contributed by atoms with Crippen molar-refractivity contribution >= 4 is 301 Å². The molecule has 1 unspecified atom stereocenters. The maximum atomic E-state index is 10.8. The van der Waals surface area contributed by atoms with Crippen LogP contribution in [0.25, 0.3) is 0 Å². The van der Waals surface area contributed by atoms with Gasteiger partial charge in [-0.3, -0.25) is 0 Å². The molecule has 831 valence electrons. The molecule has 0 bridgehead atoms. The Kier molecular flexibility index (Phi) is 55.3. The summed E-state index contributed by atoms with van der Waals surface area (Å²) >= 11 is 0. The van der Waals surface area contributed by atoms with E-state index in [-0.39, 0.29) is 0 Å². The minimum absolute atomic E-state index is 0.322. The largest absolute Gasteiger partial charge is 0.458 e. The Morgan fingerprint density at radius 2 is 0.336 bits per heavy atom. The van der Waals surface area contributed by atoms with Gasteiger partial charge in [0.15, 0.2) is 25.0 Å². The zero-order valence-corrected chi connectivity index (χ0v) is 134. The molecule has 0 heterocycles. The van der Waals surface area contributed by atoms with Crippen LogP contribution in [0.5, 0.6) is 0 Å². The average Bonchev–Trinajstić information content (AvgIpc) is 0.906. The highest BCUT2D eigenvalue weighted by molar-refractivity contribution is 6.99. The van der Waals surface area contributed by atoms with Gasteiger partial charge < -0.3 is 128 Å². The topological polar surface area (TPSA) is 316 Å². The molecule has 0 aromatic rings. The average molecular weight is 2570 g/mol. The Morgan fingerprint density at radius 3 is 0.486 bits per heavy atom. The van der Waals surface area contributed by atoms with E-state index in [1.54, 1.807) is 6.08 Å². The number of aliphatic imine (C=N–C) groups is 1. The van der Waals surface area contributed by atoms with Crippen molar-refractivity contribution in [3.63, 3.8) is 0 Å². The zero-order valence-electron chi connectivity index (χ0n) is 100. The lowest BCUT2D eigenvalue weighted by atomic mass is 10.4. The second kappa shape index (κ2) is 53.2. The summed E-state index contributed by atoms with van der Waals surface area (Å²) in [6.07, 6.45) is 4.70. The second-order valence-corrected chi connectivity index (χ2v) is 168. The third-order valence-corrected chi connectivity index (χ3v) is 143. The normalized spacial score (nSPS) is 16.1. The summed E-state index contributed by atoms with van der Waals surface area (Å²) in [6.45, 7) is 130. The Hall–Kier alpha value is 5.51. The highest BCUT2D eigenvalue weighted by atomic mass is 28.6. The Morgan fingerprint density at radius 1 is 0.193 bits per heavy atom. The summed E-state index contributed by atoms with van der Waals surface area (Å²) in [5, 5.41) is 0. The van der Waals surface area contributed by atoms with Crippen molar-refractivity contribution in [2.75, 3.05) is 6.54 Å². The van der Waals surface area contributed by atoms with E-state index in [4.69, 9.17) is 128 Å². The van der Waals surface area contributed by atoms with Gasteiger partial charge in [-0.1, -0.05) is 19.8 Å². The number of nitrogens with zero attached hydrogens (tertiary/aromatic N) is 1. The number of unbranched alkanes of at least 4 members (excludes halogenated alkanes) is 1. The minimum atomic E-state index is -2.96. The number of isocyanates is 1. The zero-order chi connectivity index (χ0) is 111. The SMILES string of the molecule is CCCC[Si](C)(C)O[Si](C)(C)O[Si](C)(C)O[Si](C)(C)O[Si](C)(C)O[Si](C)(C)O[Si](C)(C)O[Si](C)(C)O[Si](C)(C)O[Si](C)(C)O[Si](C)(C)O[Si](C)(C)O[Si](C)(C)O[Si](C)(C)O[Si](C)(C)O[Si](C)(C)O[Si](C)(C)O[Si](C)(C)O[Si](C)(C)O[Si](C)(C)O[Si](C)(C)O[Si](C)(C)O[Si](C)(C)O[Si](C)(C)O[Si](C)(C)O[Si](C)(C)O[Si](C)(C)O[Si](C)(C)O[Si](C)(C)CC[Si](C)(C)O[Si](C)(CCCN=C=O)O[Si]CC[Si]O[Si]. The fourth-order valence-electron chi connectivity index (χ4n) is 20.2. The molecule has 33 nitrogen and oxygen atoms in total. The van der Waals surface area contributed by atoms with Gasteiger partial charge in [-0.05, 0) is 442 Å². The maximum absolute atomic E-state index is 10.8. The Bertz CT molecular complexity index is 3720. The molecular weight excluding hydrogens is 2360 g/mol. The van der Waals surface area contributed by atoms with E-state index in [0.29, 0.717) is 26.1 Å². The minimum Gasteiger partial charge on any atom is -0.458 e. The summed E-state index contributed by atoms with van der Waals surface area (Å²) in [4.78, 5) is 14.6. The first-order chi connectivity index (χ1) is 60.9. The van der Waals surface area contributed by atoms with Crippen LogP contribution >= 0.6 is 0 Å². The van der Waals surface area contributed by atoms with Crippen LogP contribution in [0, 0.1) is 0 Å². The van der Waals surface area contributed by atoms with Gasteiger partial charge in [-0.2, -0.15) is 0 Å². The molecule has 0 rings (SSSR count). The molecule has 0 aliphatic heterocycles. The van der Waals surface area contributed by atoms with Crippen LogP contribution in [-0.2, 0) is 132 Å². The van der Waals surface area contributed by atoms with Gasteiger partial charge in [0.1, 0.15) is 0 Å². The van der Waals surface area contributed by atoms with Crippen molar-refractivity contribution in [2.24, 2.45) is 4.99 Å². The molecule has 0 N–H and O–H groups in total. The molecular formula is C73H206NO32Si34. The van der Waals surface area contributed by atoms with E-state index in [1.807, 2.05) is 0 Å². The van der Waals surface area contributed by atoms with Crippen molar-refractivity contribution in [3.05, 3.63) is 0 Å². The van der Waals surface area contributed by atoms with Gasteiger partial charge in [-0.25, -0.2) is 9.79 Å². The van der Waals surface area contributed by atoms with Crippen LogP contribution in [-0.4, -0.2) is 307 Å². The van der Waals surface area contributed by atoms with Gasteiger partial charge >= 0.3 is 240 Å². The van der Waals surface area contributed by atoms with Crippen molar-refractivity contribution in [1.29, 1.82) is 0 Å². The first-order valence-electron chi connectivity index (χ1n) is 49.7. The van der Waals surface area contributed by atoms with Crippen molar-refractivity contribution in [2.45, 2.75) is 462 Å². The smallest absolute Gasteiger partial charge is 0.314 e. The first kappa shape index (κ1) is 146. The fraction of sp³-hybridized carbons (Fsp3) is 0.986. The molecule has 0 saturated heterocycles. The molecule has 0 spiro atoms. The van der Waals surface area contributed by atoms with Gasteiger partial charge in [0.05, 0.1) is 6.54 Å². The van der Waals surface area contributed by atoms with Gasteiger partial charge in [0.2, 0.25) is 36.1 Å². The molecule has 0 aromatic heterocycles. The van der Waals surface area contributed by atoms with E-state index in [1.165, 1.54) is 0 Å². The van der Waals surface area contributed by atoms with Crippen LogP contribution in [0.2, 0.25) is 436 Å². The Balaban J connectivity index is 5.98. The molecule has 0 aliphatic rings. The standard InChI is InChI=1S/C73H206NO32Si34/c1-63-64-69-110(2,3)78-113(8,9)81-115(12,13)83-117(16,17)85-119(20,21)87-121(24,25)89-123(28,29)91-125(32,33)93-127(36,37)95-129(40,41)97-131(44,45)99-133(48,49)101-135(52,53)103-137(56,57)105-139(60,61)106-138(58,59)104-136(54,55)102-134(50,51)100-132(46,47)98-130(42,43)96-128(38,39)94-126(34,35)92-124(30,31)90-122(26,27)88-120(22,23)86-118(18,19)84-116(14,15)82-114(10,11)79-111(4,5)71-72-112(6,7)80-140(62,70-65-66-74-73-75)77-109-68-67-108-76-107/h63-72H2,1-62H3. The van der Waals surface area contributed by atoms with E-state index < -0.39 is 265 Å². The highest BCUT2D eigenvalue weighted by Gasteiger charge is 2.59. The summed E-state index contributed by atoms with van der Waals surface area (Å²) < 4.78 is 215. The maximum Gasteiger partial charge on any atom is 0.314 e. The number of hydrogen-bond donors (Lipinski definition) is 0. The van der Waals surface area contributed by atoms with E-state index in [9.17, 15) is 4.79 Å². The molecule has 0 fully saturated rings. The molecule has 0 aromatic carbocycles. The van der Waals surface area contributed by atoms with Crippen LogP contribution < -0.4 is 0 Å². The predicted molar refractivity (Wildman–Crippen MR) is 648 cm³/mol. The number of rotatable bonds is 74. The third kappa shape index (κ3) is 68.3. The van der Waals surface area contributed by atoms with Gasteiger partial charge in [0.25, 0.3) is 0 Å². The molecule has 7 radical (unpaired) electrons. The van der Waals surface area contributed by atoms with Crippen LogP contribution in [0.1, 0.15) is 26.2 Å².